The van der Waals surface area contributed by atoms with E-state index in [1.807, 2.05) is 0 Å². The van der Waals surface area contributed by atoms with Crippen LogP contribution in [0.1, 0.15) is 10.4 Å². The summed E-state index contributed by atoms with van der Waals surface area (Å²) >= 11 is 5.93. The number of hydrogen-bond acceptors (Lipinski definition) is 3. The van der Waals surface area contributed by atoms with Gasteiger partial charge in [-0.2, -0.15) is 0 Å². The van der Waals surface area contributed by atoms with Crippen molar-refractivity contribution in [3.05, 3.63) is 28.8 Å². The summed E-state index contributed by atoms with van der Waals surface area (Å²) in [5.41, 5.74) is 1.33. The topological polar surface area (TPSA) is 49.4 Å². The molecule has 1 aliphatic heterocycles. The van der Waals surface area contributed by atoms with Crippen LogP contribution in [0.2, 0.25) is 5.02 Å². The zero-order valence-electron chi connectivity index (χ0n) is 10.1. The van der Waals surface area contributed by atoms with Gasteiger partial charge in [-0.15, -0.1) is 0 Å². The molecule has 0 saturated carbocycles. The first-order chi connectivity index (χ1) is 8.61. The lowest BCUT2D eigenvalue weighted by Gasteiger charge is -2.27. The Morgan fingerprint density at radius 2 is 2.06 bits per heavy atom. The Balaban J connectivity index is 2.22. The number of hydrogen-bond donors (Lipinski definition) is 1. The molecule has 0 bridgehead atoms. The van der Waals surface area contributed by atoms with Gasteiger partial charge in [0.05, 0.1) is 5.56 Å². The molecular weight excluding hydrogens is 272 g/mol. The fourth-order valence-corrected chi connectivity index (χ4v) is 3.15. The third-order valence-corrected chi connectivity index (χ3v) is 4.46. The third-order valence-electron chi connectivity index (χ3n) is 2.95. The number of nitrogens with zero attached hydrogens (tertiary/aromatic N) is 1. The molecule has 1 saturated heterocycles. The lowest BCUT2D eigenvalue weighted by Crippen LogP contribution is -2.42. The van der Waals surface area contributed by atoms with E-state index < -0.39 is 10.8 Å². The van der Waals surface area contributed by atoms with E-state index in [1.165, 1.54) is 0 Å². The number of nitrogens with one attached hydrogen (secondary N) is 1. The van der Waals surface area contributed by atoms with Crippen LogP contribution in [0.15, 0.2) is 18.2 Å². The predicted molar refractivity (Wildman–Crippen MR) is 74.8 cm³/mol. The molecule has 4 nitrogen and oxygen atoms in total. The third kappa shape index (κ3) is 2.84. The molecular formula is C12H15ClN2O2S. The van der Waals surface area contributed by atoms with Crippen LogP contribution < -0.4 is 5.32 Å². The molecule has 1 aliphatic rings. The van der Waals surface area contributed by atoms with E-state index in [2.05, 4.69) is 5.32 Å². The van der Waals surface area contributed by atoms with E-state index >= 15 is 0 Å². The number of anilines is 1. The van der Waals surface area contributed by atoms with Gasteiger partial charge in [0.1, 0.15) is 0 Å². The summed E-state index contributed by atoms with van der Waals surface area (Å²) in [5, 5.41) is 3.53. The van der Waals surface area contributed by atoms with Crippen molar-refractivity contribution in [3.63, 3.8) is 0 Å². The number of halogens is 1. The van der Waals surface area contributed by atoms with E-state index in [0.717, 1.165) is 5.69 Å². The summed E-state index contributed by atoms with van der Waals surface area (Å²) in [4.78, 5) is 14.1. The van der Waals surface area contributed by atoms with Crippen LogP contribution >= 0.6 is 11.6 Å². The van der Waals surface area contributed by atoms with Crippen molar-refractivity contribution < 1.29 is 9.00 Å². The molecule has 6 heteroatoms. The quantitative estimate of drug-likeness (QED) is 0.898. The fraction of sp³-hybridized carbons (Fsp3) is 0.417. The van der Waals surface area contributed by atoms with E-state index in [-0.39, 0.29) is 5.91 Å². The molecule has 1 aromatic rings. The van der Waals surface area contributed by atoms with E-state index in [1.54, 1.807) is 30.1 Å². The van der Waals surface area contributed by atoms with Crippen LogP contribution in [0.4, 0.5) is 5.69 Å². The Morgan fingerprint density at radius 1 is 1.39 bits per heavy atom. The number of amides is 1. The molecule has 0 atom stereocenters. The van der Waals surface area contributed by atoms with Gasteiger partial charge in [0.15, 0.2) is 0 Å². The Morgan fingerprint density at radius 3 is 2.67 bits per heavy atom. The van der Waals surface area contributed by atoms with Crippen molar-refractivity contribution in [2.75, 3.05) is 37.0 Å². The maximum absolute atomic E-state index is 12.4. The lowest BCUT2D eigenvalue weighted by molar-refractivity contribution is 0.0772. The van der Waals surface area contributed by atoms with Crippen molar-refractivity contribution >= 4 is 34.0 Å². The summed E-state index contributed by atoms with van der Waals surface area (Å²) in [6, 6.07) is 5.20. The first-order valence-electron chi connectivity index (χ1n) is 5.73. The summed E-state index contributed by atoms with van der Waals surface area (Å²) in [7, 11) is 0.988. The molecule has 0 aliphatic carbocycles. The molecule has 0 spiro atoms. The van der Waals surface area contributed by atoms with Gasteiger partial charge in [0, 0.05) is 53.2 Å². The van der Waals surface area contributed by atoms with Gasteiger partial charge in [-0.25, -0.2) is 0 Å². The number of carbonyl (C=O) groups is 1. The average molecular weight is 287 g/mol. The molecule has 0 radical (unpaired) electrons. The molecule has 1 amide bonds. The molecule has 1 N–H and O–H groups in total. The van der Waals surface area contributed by atoms with Crippen molar-refractivity contribution in [3.8, 4) is 0 Å². The van der Waals surface area contributed by atoms with Crippen LogP contribution in [0.5, 0.6) is 0 Å². The van der Waals surface area contributed by atoms with E-state index in [4.69, 9.17) is 11.6 Å². The van der Waals surface area contributed by atoms with Crippen molar-refractivity contribution in [2.45, 2.75) is 0 Å². The standard InChI is InChI=1S/C12H15ClN2O2S/c1-14-11-3-2-9(13)8-10(11)12(16)15-4-6-18(17)7-5-15/h2-3,8,14H,4-7H2,1H3. The second-order valence-corrected chi connectivity index (χ2v) is 6.21. The Labute approximate surface area is 114 Å². The first kappa shape index (κ1) is 13.4. The smallest absolute Gasteiger partial charge is 0.256 e. The number of benzene rings is 1. The Bertz CT molecular complexity index is 483. The highest BCUT2D eigenvalue weighted by atomic mass is 35.5. The summed E-state index contributed by atoms with van der Waals surface area (Å²) in [6.45, 7) is 1.09. The molecule has 1 heterocycles. The zero-order chi connectivity index (χ0) is 13.1. The van der Waals surface area contributed by atoms with Crippen molar-refractivity contribution in [1.82, 2.24) is 4.90 Å². The van der Waals surface area contributed by atoms with Gasteiger partial charge in [0.2, 0.25) is 0 Å². The minimum Gasteiger partial charge on any atom is -0.387 e. The molecule has 18 heavy (non-hydrogen) atoms. The second kappa shape index (κ2) is 5.71. The molecule has 98 valence electrons. The predicted octanol–water partition coefficient (Wildman–Crippen LogP) is 1.59. The monoisotopic (exact) mass is 286 g/mol. The fourth-order valence-electron chi connectivity index (χ4n) is 1.92. The SMILES string of the molecule is CNc1ccc(Cl)cc1C(=O)N1CCS(=O)CC1. The Hall–Kier alpha value is -1.07. The van der Waals surface area contributed by atoms with Gasteiger partial charge >= 0.3 is 0 Å². The summed E-state index contributed by atoms with van der Waals surface area (Å²) in [5.74, 6) is 1.06. The summed E-state index contributed by atoms with van der Waals surface area (Å²) < 4.78 is 11.3. The maximum atomic E-state index is 12.4. The highest BCUT2D eigenvalue weighted by molar-refractivity contribution is 7.85. The average Bonchev–Trinajstić information content (AvgIpc) is 2.39. The van der Waals surface area contributed by atoms with Crippen LogP contribution in [0.3, 0.4) is 0 Å². The molecule has 1 fully saturated rings. The lowest BCUT2D eigenvalue weighted by atomic mass is 10.1. The number of rotatable bonds is 2. The highest BCUT2D eigenvalue weighted by Gasteiger charge is 2.23. The minimum absolute atomic E-state index is 0.0569. The van der Waals surface area contributed by atoms with Crippen LogP contribution in [-0.2, 0) is 10.8 Å². The van der Waals surface area contributed by atoms with Crippen LogP contribution in [0, 0.1) is 0 Å². The summed E-state index contributed by atoms with van der Waals surface area (Å²) in [6.07, 6.45) is 0. The minimum atomic E-state index is -0.781. The molecule has 0 unspecified atom stereocenters. The van der Waals surface area contributed by atoms with Gasteiger partial charge in [-0.3, -0.25) is 9.00 Å². The normalized spacial score (nSPS) is 16.7. The van der Waals surface area contributed by atoms with Gasteiger partial charge in [-0.05, 0) is 18.2 Å². The second-order valence-electron chi connectivity index (χ2n) is 4.08. The molecule has 2 rings (SSSR count). The van der Waals surface area contributed by atoms with E-state index in [9.17, 15) is 9.00 Å². The van der Waals surface area contributed by atoms with E-state index in [0.29, 0.717) is 35.2 Å². The van der Waals surface area contributed by atoms with Gasteiger partial charge < -0.3 is 10.2 Å². The zero-order valence-corrected chi connectivity index (χ0v) is 11.7. The Kier molecular flexibility index (Phi) is 4.24. The molecule has 1 aromatic carbocycles. The van der Waals surface area contributed by atoms with Gasteiger partial charge in [-0.1, -0.05) is 11.6 Å². The number of carbonyl (C=O) groups excluding carboxylic acids is 1. The van der Waals surface area contributed by atoms with Crippen molar-refractivity contribution in [1.29, 1.82) is 0 Å². The van der Waals surface area contributed by atoms with Crippen molar-refractivity contribution in [2.24, 2.45) is 0 Å². The largest absolute Gasteiger partial charge is 0.387 e. The van der Waals surface area contributed by atoms with Gasteiger partial charge in [0.25, 0.3) is 5.91 Å². The maximum Gasteiger partial charge on any atom is 0.256 e. The molecule has 0 aromatic heterocycles. The first-order valence-corrected chi connectivity index (χ1v) is 7.60. The van der Waals surface area contributed by atoms with Crippen LogP contribution in [0.25, 0.3) is 0 Å². The highest BCUT2D eigenvalue weighted by Crippen LogP contribution is 2.22. The van der Waals surface area contributed by atoms with Crippen LogP contribution in [-0.4, -0.2) is 46.7 Å².